The molecule has 1 atom stereocenters. The lowest BCUT2D eigenvalue weighted by Crippen LogP contribution is -2.31. The normalized spacial score (nSPS) is 14.3. The molecule has 2 amide bonds. The van der Waals surface area contributed by atoms with Gasteiger partial charge >= 0.3 is 11.7 Å². The van der Waals surface area contributed by atoms with Crippen molar-refractivity contribution in [1.82, 2.24) is 30.2 Å². The molecule has 0 unspecified atom stereocenters. The fraction of sp³-hybridized carbons (Fsp3) is 0.231. The quantitative estimate of drug-likeness (QED) is 0.305. The first-order chi connectivity index (χ1) is 18.1. The minimum atomic E-state index is -1.01. The lowest BCUT2D eigenvalue weighted by Gasteiger charge is -2.15. The molecule has 0 fully saturated rings. The SMILES string of the molecule is Cc1cc(CNC(=O)c2cc(C(=O)N[C@H]3CCc4c3ccc(C(=O)O)c4C)nc3n[nH]c(=O)n23)ccc1F. The summed E-state index contributed by atoms with van der Waals surface area (Å²) in [5.41, 5.74) is 2.71. The molecule has 38 heavy (non-hydrogen) atoms. The van der Waals surface area contributed by atoms with E-state index in [1.54, 1.807) is 26.0 Å². The van der Waals surface area contributed by atoms with Crippen molar-refractivity contribution in [2.75, 3.05) is 0 Å². The summed E-state index contributed by atoms with van der Waals surface area (Å²) in [6, 6.07) is 8.48. The predicted molar refractivity (Wildman–Crippen MR) is 133 cm³/mol. The molecule has 11 nitrogen and oxygen atoms in total. The average molecular weight is 519 g/mol. The number of aryl methyl sites for hydroxylation is 1. The number of carbonyl (C=O) groups excluding carboxylic acids is 2. The minimum Gasteiger partial charge on any atom is -0.478 e. The second kappa shape index (κ2) is 9.54. The second-order valence-electron chi connectivity index (χ2n) is 9.13. The van der Waals surface area contributed by atoms with Crippen molar-refractivity contribution in [1.29, 1.82) is 0 Å². The van der Waals surface area contributed by atoms with Crippen molar-refractivity contribution in [2.45, 2.75) is 39.3 Å². The standard InChI is InChI=1S/C26H23FN6O5/c1-12-9-14(3-7-18(12)27)11-28-23(35)21-10-20(30-25-31-32-26(38)33(21)25)22(34)29-19-8-6-15-13(2)16(24(36)37)4-5-17(15)19/h3-5,7,9-10,19H,6,8,11H2,1-2H3,(H,28,35)(H,29,34)(H,32,38)(H,36,37)/t19-/m0/s1. The monoisotopic (exact) mass is 518 g/mol. The van der Waals surface area contributed by atoms with Gasteiger partial charge in [-0.2, -0.15) is 0 Å². The van der Waals surface area contributed by atoms with Crippen molar-refractivity contribution >= 4 is 23.6 Å². The van der Waals surface area contributed by atoms with Crippen LogP contribution in [-0.2, 0) is 13.0 Å². The van der Waals surface area contributed by atoms with Gasteiger partial charge < -0.3 is 15.7 Å². The molecule has 2 aromatic heterocycles. The topological polar surface area (TPSA) is 159 Å². The first-order valence-electron chi connectivity index (χ1n) is 11.8. The van der Waals surface area contributed by atoms with E-state index in [4.69, 9.17) is 0 Å². The molecule has 5 rings (SSSR count). The number of halogens is 1. The van der Waals surface area contributed by atoms with Crippen LogP contribution in [0.1, 0.15) is 71.6 Å². The van der Waals surface area contributed by atoms with E-state index in [1.165, 1.54) is 24.3 Å². The Balaban J connectivity index is 1.40. The van der Waals surface area contributed by atoms with Crippen LogP contribution in [0.2, 0.25) is 0 Å². The van der Waals surface area contributed by atoms with E-state index in [2.05, 4.69) is 25.8 Å². The van der Waals surface area contributed by atoms with Crippen LogP contribution in [0.25, 0.3) is 5.78 Å². The second-order valence-corrected chi connectivity index (χ2v) is 9.13. The summed E-state index contributed by atoms with van der Waals surface area (Å²) >= 11 is 0. The van der Waals surface area contributed by atoms with E-state index in [-0.39, 0.29) is 41.1 Å². The zero-order chi connectivity index (χ0) is 27.1. The maximum atomic E-state index is 13.6. The van der Waals surface area contributed by atoms with Crippen LogP contribution < -0.4 is 16.3 Å². The van der Waals surface area contributed by atoms with E-state index in [0.29, 0.717) is 29.5 Å². The molecule has 0 saturated carbocycles. The molecular weight excluding hydrogens is 495 g/mol. The summed E-state index contributed by atoms with van der Waals surface area (Å²) in [4.78, 5) is 54.1. The van der Waals surface area contributed by atoms with Gasteiger partial charge in [0.15, 0.2) is 0 Å². The number of aromatic nitrogens is 4. The Morgan fingerprint density at radius 2 is 1.95 bits per heavy atom. The highest BCUT2D eigenvalue weighted by atomic mass is 19.1. The highest BCUT2D eigenvalue weighted by molar-refractivity contribution is 5.98. The number of carboxylic acid groups (broad SMARTS) is 1. The van der Waals surface area contributed by atoms with E-state index in [9.17, 15) is 28.7 Å². The van der Waals surface area contributed by atoms with Crippen molar-refractivity contribution < 1.29 is 23.9 Å². The van der Waals surface area contributed by atoms with Crippen LogP contribution in [0.4, 0.5) is 4.39 Å². The van der Waals surface area contributed by atoms with Gasteiger partial charge in [0.2, 0.25) is 0 Å². The Labute approximate surface area is 214 Å². The van der Waals surface area contributed by atoms with Gasteiger partial charge in [-0.15, -0.1) is 5.10 Å². The summed E-state index contributed by atoms with van der Waals surface area (Å²) in [7, 11) is 0. The van der Waals surface area contributed by atoms with Gasteiger partial charge in [-0.3, -0.25) is 9.59 Å². The van der Waals surface area contributed by atoms with Gasteiger partial charge in [0, 0.05) is 6.54 Å². The number of nitrogens with zero attached hydrogens (tertiary/aromatic N) is 3. The number of benzene rings is 2. The van der Waals surface area contributed by atoms with Crippen molar-refractivity contribution in [3.63, 3.8) is 0 Å². The summed E-state index contributed by atoms with van der Waals surface area (Å²) < 4.78 is 14.5. The molecule has 4 N–H and O–H groups in total. The van der Waals surface area contributed by atoms with Crippen LogP contribution in [0.3, 0.4) is 0 Å². The first-order valence-corrected chi connectivity index (χ1v) is 11.8. The molecule has 4 aromatic rings. The molecule has 194 valence electrons. The Morgan fingerprint density at radius 1 is 1.16 bits per heavy atom. The molecule has 0 radical (unpaired) electrons. The maximum Gasteiger partial charge on any atom is 0.349 e. The molecule has 0 saturated heterocycles. The zero-order valence-corrected chi connectivity index (χ0v) is 20.5. The largest absolute Gasteiger partial charge is 0.478 e. The van der Waals surface area contributed by atoms with Gasteiger partial charge in [-0.05, 0) is 72.7 Å². The molecule has 12 heteroatoms. The maximum absolute atomic E-state index is 13.6. The number of carboxylic acids is 1. The van der Waals surface area contributed by atoms with E-state index in [0.717, 1.165) is 15.5 Å². The third kappa shape index (κ3) is 4.40. The first kappa shape index (κ1) is 24.8. The van der Waals surface area contributed by atoms with Crippen molar-refractivity contribution in [3.8, 4) is 0 Å². The van der Waals surface area contributed by atoms with Gasteiger partial charge in [0.25, 0.3) is 17.6 Å². The number of hydrogen-bond donors (Lipinski definition) is 4. The molecule has 0 spiro atoms. The number of fused-ring (bicyclic) bond motifs is 2. The highest BCUT2D eigenvalue weighted by Gasteiger charge is 2.28. The van der Waals surface area contributed by atoms with Crippen molar-refractivity contribution in [2.24, 2.45) is 0 Å². The zero-order valence-electron chi connectivity index (χ0n) is 20.5. The Hall–Kier alpha value is -4.87. The number of rotatable bonds is 6. The number of carbonyl (C=O) groups is 3. The van der Waals surface area contributed by atoms with Crippen molar-refractivity contribution in [3.05, 3.63) is 97.5 Å². The lowest BCUT2D eigenvalue weighted by atomic mass is 9.98. The smallest absolute Gasteiger partial charge is 0.349 e. The number of H-pyrrole nitrogens is 1. The fourth-order valence-electron chi connectivity index (χ4n) is 4.78. The molecule has 1 aliphatic carbocycles. The van der Waals surface area contributed by atoms with E-state index < -0.39 is 23.5 Å². The molecule has 2 heterocycles. The lowest BCUT2D eigenvalue weighted by molar-refractivity contribution is 0.0695. The number of amides is 2. The van der Waals surface area contributed by atoms with Gasteiger partial charge in [0.1, 0.15) is 17.2 Å². The Morgan fingerprint density at radius 3 is 2.68 bits per heavy atom. The third-order valence-electron chi connectivity index (χ3n) is 6.76. The number of aromatic carboxylic acids is 1. The van der Waals surface area contributed by atoms with Gasteiger partial charge in [-0.1, -0.05) is 18.2 Å². The minimum absolute atomic E-state index is 0.0639. The highest BCUT2D eigenvalue weighted by Crippen LogP contribution is 2.34. The van der Waals surface area contributed by atoms with Gasteiger partial charge in [0.05, 0.1) is 11.6 Å². The third-order valence-corrected chi connectivity index (χ3v) is 6.76. The summed E-state index contributed by atoms with van der Waals surface area (Å²) in [6.45, 7) is 3.42. The summed E-state index contributed by atoms with van der Waals surface area (Å²) in [6.07, 6.45) is 1.17. The van der Waals surface area contributed by atoms with Gasteiger partial charge in [-0.25, -0.2) is 28.5 Å². The Kier molecular flexibility index (Phi) is 6.23. The molecule has 0 bridgehead atoms. The summed E-state index contributed by atoms with van der Waals surface area (Å²) in [5, 5.41) is 21.0. The van der Waals surface area contributed by atoms with Crippen LogP contribution in [0.15, 0.2) is 41.2 Å². The molecular formula is C26H23FN6O5. The fourth-order valence-corrected chi connectivity index (χ4v) is 4.78. The van der Waals surface area contributed by atoms with Crippen LogP contribution in [0, 0.1) is 19.7 Å². The molecule has 2 aromatic carbocycles. The van der Waals surface area contributed by atoms with Crippen LogP contribution in [0.5, 0.6) is 0 Å². The number of hydrogen-bond acceptors (Lipinski definition) is 6. The molecule has 0 aliphatic heterocycles. The average Bonchev–Trinajstić information content (AvgIpc) is 3.47. The van der Waals surface area contributed by atoms with Crippen LogP contribution in [-0.4, -0.2) is 42.5 Å². The predicted octanol–water partition coefficient (Wildman–Crippen LogP) is 2.22. The Bertz CT molecular complexity index is 1690. The van der Waals surface area contributed by atoms with E-state index >= 15 is 0 Å². The van der Waals surface area contributed by atoms with E-state index in [1.807, 2.05) is 0 Å². The molecule has 1 aliphatic rings. The summed E-state index contributed by atoms with van der Waals surface area (Å²) in [5.74, 6) is -2.76. The number of nitrogens with one attached hydrogen (secondary N) is 3. The number of aromatic amines is 1. The van der Waals surface area contributed by atoms with Crippen LogP contribution >= 0.6 is 0 Å².